The predicted molar refractivity (Wildman–Crippen MR) is 46.9 cm³/mol. The van der Waals surface area contributed by atoms with Gasteiger partial charge in [0, 0.05) is 20.2 Å². The summed E-state index contributed by atoms with van der Waals surface area (Å²) in [6.45, 7) is 0.841. The fourth-order valence-electron chi connectivity index (χ4n) is 0.784. The van der Waals surface area contributed by atoms with Gasteiger partial charge in [0.2, 0.25) is 5.91 Å². The summed E-state index contributed by atoms with van der Waals surface area (Å²) >= 11 is 0. The smallest absolute Gasteiger partial charge is 0.236 e. The van der Waals surface area contributed by atoms with Crippen LogP contribution in [0.3, 0.4) is 0 Å². The molecule has 13 heavy (non-hydrogen) atoms. The lowest BCUT2D eigenvalue weighted by atomic mass is 10.4. The second-order valence-electron chi connectivity index (χ2n) is 2.87. The van der Waals surface area contributed by atoms with Gasteiger partial charge in [0.15, 0.2) is 0 Å². The van der Waals surface area contributed by atoms with E-state index in [1.54, 1.807) is 26.4 Å². The number of likely N-dealkylation sites (N-methyl/N-ethyl adjacent to an activating group) is 1. The molecule has 0 aliphatic rings. The van der Waals surface area contributed by atoms with Gasteiger partial charge in [0.05, 0.1) is 19.3 Å². The van der Waals surface area contributed by atoms with Crippen LogP contribution in [0.25, 0.3) is 0 Å². The molecule has 5 heteroatoms. The molecule has 0 saturated carbocycles. The van der Waals surface area contributed by atoms with Gasteiger partial charge in [-0.3, -0.25) is 4.79 Å². The lowest BCUT2D eigenvalue weighted by Crippen LogP contribution is -2.32. The fraction of sp³-hybridized carbons (Fsp3) is 0.500. The summed E-state index contributed by atoms with van der Waals surface area (Å²) < 4.78 is 4.84. The summed E-state index contributed by atoms with van der Waals surface area (Å²) in [5.41, 5.74) is 0. The first kappa shape index (κ1) is 9.73. The molecule has 1 rings (SSSR count). The van der Waals surface area contributed by atoms with Gasteiger partial charge in [0.1, 0.15) is 5.76 Å². The van der Waals surface area contributed by atoms with Gasteiger partial charge in [-0.25, -0.2) is 0 Å². The molecule has 1 aromatic heterocycles. The van der Waals surface area contributed by atoms with E-state index < -0.39 is 0 Å². The Labute approximate surface area is 76.7 Å². The van der Waals surface area contributed by atoms with Crippen molar-refractivity contribution in [3.63, 3.8) is 0 Å². The molecule has 1 aromatic rings. The van der Waals surface area contributed by atoms with Crippen LogP contribution >= 0.6 is 0 Å². The molecule has 0 radical (unpaired) electrons. The number of nitrogens with zero attached hydrogens (tertiary/aromatic N) is 2. The Kier molecular flexibility index (Phi) is 3.45. The molecule has 0 aliphatic heterocycles. The number of amides is 1. The first-order valence-corrected chi connectivity index (χ1v) is 4.00. The van der Waals surface area contributed by atoms with Crippen molar-refractivity contribution < 1.29 is 9.32 Å². The molecule has 5 nitrogen and oxygen atoms in total. The van der Waals surface area contributed by atoms with Gasteiger partial charge in [-0.1, -0.05) is 5.16 Å². The van der Waals surface area contributed by atoms with Crippen LogP contribution < -0.4 is 5.32 Å². The van der Waals surface area contributed by atoms with Crippen LogP contribution in [-0.2, 0) is 11.3 Å². The second-order valence-corrected chi connectivity index (χ2v) is 2.87. The zero-order valence-electron chi connectivity index (χ0n) is 7.78. The van der Waals surface area contributed by atoms with Crippen molar-refractivity contribution in [1.29, 1.82) is 0 Å². The summed E-state index contributed by atoms with van der Waals surface area (Å²) in [5, 5.41) is 6.49. The molecule has 0 saturated heterocycles. The number of nitrogens with one attached hydrogen (secondary N) is 1. The average Bonchev–Trinajstić information content (AvgIpc) is 2.56. The van der Waals surface area contributed by atoms with E-state index in [0.29, 0.717) is 13.1 Å². The number of rotatable bonds is 4. The highest BCUT2D eigenvalue weighted by molar-refractivity contribution is 5.77. The third-order valence-electron chi connectivity index (χ3n) is 1.57. The topological polar surface area (TPSA) is 58.4 Å². The molecule has 1 N–H and O–H groups in total. The van der Waals surface area contributed by atoms with E-state index in [4.69, 9.17) is 4.52 Å². The van der Waals surface area contributed by atoms with Crippen LogP contribution in [0.1, 0.15) is 5.76 Å². The first-order chi connectivity index (χ1) is 6.20. The number of aromatic nitrogens is 1. The average molecular weight is 183 g/mol. The summed E-state index contributed by atoms with van der Waals surface area (Å²) in [7, 11) is 3.44. The van der Waals surface area contributed by atoms with Crippen molar-refractivity contribution in [1.82, 2.24) is 15.4 Å². The Hall–Kier alpha value is -1.36. The van der Waals surface area contributed by atoms with Crippen LogP contribution in [0.2, 0.25) is 0 Å². The van der Waals surface area contributed by atoms with Crippen LogP contribution in [-0.4, -0.2) is 36.6 Å². The lowest BCUT2D eigenvalue weighted by molar-refractivity contribution is -0.127. The summed E-state index contributed by atoms with van der Waals surface area (Å²) in [6.07, 6.45) is 1.57. The number of hydrogen-bond donors (Lipinski definition) is 1. The molecule has 1 heterocycles. The van der Waals surface area contributed by atoms with E-state index in [0.717, 1.165) is 5.76 Å². The Morgan fingerprint density at radius 1 is 1.69 bits per heavy atom. The Morgan fingerprint density at radius 3 is 3.00 bits per heavy atom. The van der Waals surface area contributed by atoms with E-state index in [1.807, 2.05) is 0 Å². The normalized spacial score (nSPS) is 10.0. The number of carbonyl (C=O) groups is 1. The van der Waals surface area contributed by atoms with Gasteiger partial charge < -0.3 is 14.7 Å². The highest BCUT2D eigenvalue weighted by Gasteiger charge is 2.03. The van der Waals surface area contributed by atoms with Crippen molar-refractivity contribution in [2.24, 2.45) is 0 Å². The third-order valence-corrected chi connectivity index (χ3v) is 1.57. The monoisotopic (exact) mass is 183 g/mol. The number of hydrogen-bond acceptors (Lipinski definition) is 4. The molecular weight excluding hydrogens is 170 g/mol. The van der Waals surface area contributed by atoms with Gasteiger partial charge in [-0.05, 0) is 0 Å². The molecule has 0 fully saturated rings. The van der Waals surface area contributed by atoms with E-state index >= 15 is 0 Å². The molecule has 0 atom stereocenters. The predicted octanol–water partition coefficient (Wildman–Crippen LogP) is -0.148. The Balaban J connectivity index is 2.18. The molecule has 0 aliphatic carbocycles. The standard InChI is InChI=1S/C8H13N3O2/c1-11(2)8(12)6-9-5-7-3-4-10-13-7/h3-4,9H,5-6H2,1-2H3. The summed E-state index contributed by atoms with van der Waals surface area (Å²) in [4.78, 5) is 12.6. The first-order valence-electron chi connectivity index (χ1n) is 4.00. The van der Waals surface area contributed by atoms with Gasteiger partial charge >= 0.3 is 0 Å². The minimum atomic E-state index is 0.0412. The summed E-state index contributed by atoms with van der Waals surface area (Å²) in [5.74, 6) is 0.770. The van der Waals surface area contributed by atoms with E-state index in [9.17, 15) is 4.79 Å². The molecule has 72 valence electrons. The fourth-order valence-corrected chi connectivity index (χ4v) is 0.784. The summed E-state index contributed by atoms with van der Waals surface area (Å²) in [6, 6.07) is 1.76. The maximum absolute atomic E-state index is 11.1. The van der Waals surface area contributed by atoms with Crippen molar-refractivity contribution in [2.75, 3.05) is 20.6 Å². The van der Waals surface area contributed by atoms with Crippen LogP contribution in [0.15, 0.2) is 16.8 Å². The highest BCUT2D eigenvalue weighted by atomic mass is 16.5. The van der Waals surface area contributed by atoms with Gasteiger partial charge in [0.25, 0.3) is 0 Å². The van der Waals surface area contributed by atoms with Crippen LogP contribution in [0.5, 0.6) is 0 Å². The molecule has 0 bridgehead atoms. The molecule has 0 unspecified atom stereocenters. The molecular formula is C8H13N3O2. The molecule has 1 amide bonds. The minimum absolute atomic E-state index is 0.0412. The number of carbonyl (C=O) groups excluding carboxylic acids is 1. The van der Waals surface area contributed by atoms with Crippen LogP contribution in [0.4, 0.5) is 0 Å². The molecule has 0 aromatic carbocycles. The Bertz CT molecular complexity index is 256. The maximum atomic E-state index is 11.1. The SMILES string of the molecule is CN(C)C(=O)CNCc1ccno1. The third kappa shape index (κ3) is 3.25. The van der Waals surface area contributed by atoms with E-state index in [2.05, 4.69) is 10.5 Å². The van der Waals surface area contributed by atoms with E-state index in [-0.39, 0.29) is 5.91 Å². The van der Waals surface area contributed by atoms with Gasteiger partial charge in [-0.2, -0.15) is 0 Å². The van der Waals surface area contributed by atoms with Crippen molar-refractivity contribution in [3.05, 3.63) is 18.0 Å². The molecule has 0 spiro atoms. The van der Waals surface area contributed by atoms with E-state index in [1.165, 1.54) is 4.90 Å². The zero-order valence-corrected chi connectivity index (χ0v) is 7.78. The van der Waals surface area contributed by atoms with Crippen molar-refractivity contribution in [2.45, 2.75) is 6.54 Å². The van der Waals surface area contributed by atoms with Crippen LogP contribution in [0, 0.1) is 0 Å². The lowest BCUT2D eigenvalue weighted by Gasteiger charge is -2.09. The Morgan fingerprint density at radius 2 is 2.46 bits per heavy atom. The maximum Gasteiger partial charge on any atom is 0.236 e. The largest absolute Gasteiger partial charge is 0.360 e. The van der Waals surface area contributed by atoms with Crippen molar-refractivity contribution >= 4 is 5.91 Å². The zero-order chi connectivity index (χ0) is 9.68. The quantitative estimate of drug-likeness (QED) is 0.705. The minimum Gasteiger partial charge on any atom is -0.360 e. The van der Waals surface area contributed by atoms with Gasteiger partial charge in [-0.15, -0.1) is 0 Å². The second kappa shape index (κ2) is 4.61. The van der Waals surface area contributed by atoms with Crippen molar-refractivity contribution in [3.8, 4) is 0 Å². The highest BCUT2D eigenvalue weighted by Crippen LogP contribution is 1.94.